The van der Waals surface area contributed by atoms with E-state index in [-0.39, 0.29) is 17.7 Å². The maximum atomic E-state index is 14.3. The van der Waals surface area contributed by atoms with E-state index in [1.165, 1.54) is 11.3 Å². The first kappa shape index (κ1) is 27.3. The van der Waals surface area contributed by atoms with E-state index in [0.717, 1.165) is 27.7 Å². The molecule has 3 aromatic carbocycles. The SMILES string of the molecule is CCOC(=O)C1=C(C)N=c2s/c(=C\c3c(-c4ccccc4)[nH]c4ccccc34)c(=O)n2[C@H]1c1cc(OC)ccc1OC. The van der Waals surface area contributed by atoms with Crippen LogP contribution in [0.3, 0.4) is 0 Å². The third-order valence-electron chi connectivity index (χ3n) is 7.33. The molecule has 9 heteroatoms. The first-order valence-electron chi connectivity index (χ1n) is 13.5. The summed E-state index contributed by atoms with van der Waals surface area (Å²) in [5.41, 5.74) is 4.87. The summed E-state index contributed by atoms with van der Waals surface area (Å²) < 4.78 is 18.7. The Bertz CT molecular complexity index is 2040. The van der Waals surface area contributed by atoms with Crippen molar-refractivity contribution in [2.24, 2.45) is 4.99 Å². The number of rotatable bonds is 7. The van der Waals surface area contributed by atoms with E-state index in [0.29, 0.717) is 32.1 Å². The van der Waals surface area contributed by atoms with Gasteiger partial charge in [-0.2, -0.15) is 0 Å². The number of allylic oxidation sites excluding steroid dienone is 1. The molecule has 2 aromatic heterocycles. The fourth-order valence-electron chi connectivity index (χ4n) is 5.42. The topological polar surface area (TPSA) is 94.9 Å². The van der Waals surface area contributed by atoms with E-state index in [1.54, 1.807) is 50.8 Å². The average molecular weight is 580 g/mol. The fourth-order valence-corrected chi connectivity index (χ4v) is 6.44. The first-order chi connectivity index (χ1) is 20.4. The first-order valence-corrected chi connectivity index (χ1v) is 14.3. The number of methoxy groups -OCH3 is 2. The lowest BCUT2D eigenvalue weighted by Gasteiger charge is -2.26. The minimum absolute atomic E-state index is 0.185. The van der Waals surface area contributed by atoms with Gasteiger partial charge in [0.1, 0.15) is 17.5 Å². The van der Waals surface area contributed by atoms with Crippen LogP contribution in [0.15, 0.2) is 93.9 Å². The average Bonchev–Trinajstić information content (AvgIpc) is 3.53. The van der Waals surface area contributed by atoms with Gasteiger partial charge in [-0.05, 0) is 49.8 Å². The number of aromatic amines is 1. The van der Waals surface area contributed by atoms with Crippen molar-refractivity contribution in [3.05, 3.63) is 115 Å². The summed E-state index contributed by atoms with van der Waals surface area (Å²) in [7, 11) is 3.12. The molecule has 1 aliphatic rings. The second-order valence-electron chi connectivity index (χ2n) is 9.74. The molecule has 0 unspecified atom stereocenters. The van der Waals surface area contributed by atoms with E-state index < -0.39 is 12.0 Å². The highest BCUT2D eigenvalue weighted by Crippen LogP contribution is 2.38. The van der Waals surface area contributed by atoms with Gasteiger partial charge < -0.3 is 19.2 Å². The normalized spacial score (nSPS) is 15.0. The molecule has 1 N–H and O–H groups in total. The maximum absolute atomic E-state index is 14.3. The van der Waals surface area contributed by atoms with E-state index in [9.17, 15) is 9.59 Å². The van der Waals surface area contributed by atoms with Crippen LogP contribution in [0.4, 0.5) is 0 Å². The molecular formula is C33H29N3O5S. The van der Waals surface area contributed by atoms with Crippen molar-refractivity contribution in [2.75, 3.05) is 20.8 Å². The number of ether oxygens (including phenoxy) is 3. The van der Waals surface area contributed by atoms with Crippen molar-refractivity contribution in [3.63, 3.8) is 0 Å². The molecule has 0 amide bonds. The summed E-state index contributed by atoms with van der Waals surface area (Å²) in [6, 6.07) is 22.5. The van der Waals surface area contributed by atoms with Crippen LogP contribution in [-0.2, 0) is 9.53 Å². The highest BCUT2D eigenvalue weighted by Gasteiger charge is 2.35. The quantitative estimate of drug-likeness (QED) is 0.275. The number of hydrogen-bond acceptors (Lipinski definition) is 7. The third kappa shape index (κ3) is 4.61. The van der Waals surface area contributed by atoms with E-state index in [2.05, 4.69) is 4.98 Å². The highest BCUT2D eigenvalue weighted by atomic mass is 32.1. The lowest BCUT2D eigenvalue weighted by molar-refractivity contribution is -0.139. The fraction of sp³-hybridized carbons (Fsp3) is 0.182. The molecule has 0 saturated heterocycles. The number of para-hydroxylation sites is 1. The largest absolute Gasteiger partial charge is 0.497 e. The zero-order valence-corrected chi connectivity index (χ0v) is 24.5. The molecule has 42 heavy (non-hydrogen) atoms. The van der Waals surface area contributed by atoms with Crippen LogP contribution in [0, 0.1) is 0 Å². The lowest BCUT2D eigenvalue weighted by Crippen LogP contribution is -2.40. The predicted octanol–water partition coefficient (Wildman–Crippen LogP) is 4.96. The van der Waals surface area contributed by atoms with Crippen LogP contribution >= 0.6 is 11.3 Å². The Morgan fingerprint density at radius 3 is 2.55 bits per heavy atom. The molecule has 1 atom stereocenters. The van der Waals surface area contributed by atoms with Crippen LogP contribution < -0.4 is 24.4 Å². The number of benzene rings is 3. The minimum Gasteiger partial charge on any atom is -0.497 e. The van der Waals surface area contributed by atoms with Crippen molar-refractivity contribution < 1.29 is 19.0 Å². The number of aromatic nitrogens is 2. The Balaban J connectivity index is 1.64. The molecule has 0 aliphatic carbocycles. The van der Waals surface area contributed by atoms with Crippen LogP contribution in [-0.4, -0.2) is 36.3 Å². The molecule has 8 nitrogen and oxygen atoms in total. The van der Waals surface area contributed by atoms with Gasteiger partial charge in [-0.3, -0.25) is 9.36 Å². The van der Waals surface area contributed by atoms with Crippen LogP contribution in [0.2, 0.25) is 0 Å². The Morgan fingerprint density at radius 1 is 1.05 bits per heavy atom. The summed E-state index contributed by atoms with van der Waals surface area (Å²) in [6.45, 7) is 3.69. The number of hydrogen-bond donors (Lipinski definition) is 1. The summed E-state index contributed by atoms with van der Waals surface area (Å²) in [4.78, 5) is 36.4. The van der Waals surface area contributed by atoms with Crippen molar-refractivity contribution in [2.45, 2.75) is 19.9 Å². The van der Waals surface area contributed by atoms with Gasteiger partial charge in [0.25, 0.3) is 5.56 Å². The number of esters is 1. The van der Waals surface area contributed by atoms with Crippen molar-refractivity contribution in [1.82, 2.24) is 9.55 Å². The molecule has 5 aromatic rings. The number of nitrogens with one attached hydrogen (secondary N) is 1. The Kier molecular flexibility index (Phi) is 7.26. The number of carbonyl (C=O) groups is 1. The summed E-state index contributed by atoms with van der Waals surface area (Å²) >= 11 is 1.28. The Morgan fingerprint density at radius 2 is 1.81 bits per heavy atom. The molecule has 0 bridgehead atoms. The second kappa shape index (κ2) is 11.2. The highest BCUT2D eigenvalue weighted by molar-refractivity contribution is 7.07. The Labute approximate surface area is 245 Å². The van der Waals surface area contributed by atoms with Crippen LogP contribution in [0.5, 0.6) is 11.5 Å². The number of thiazole rings is 1. The van der Waals surface area contributed by atoms with Gasteiger partial charge in [-0.25, -0.2) is 9.79 Å². The van der Waals surface area contributed by atoms with Crippen molar-refractivity contribution in [1.29, 1.82) is 0 Å². The molecule has 0 fully saturated rings. The van der Waals surface area contributed by atoms with E-state index in [4.69, 9.17) is 19.2 Å². The molecule has 0 spiro atoms. The summed E-state index contributed by atoms with van der Waals surface area (Å²) in [5, 5.41) is 0.997. The zero-order valence-electron chi connectivity index (χ0n) is 23.6. The van der Waals surface area contributed by atoms with Gasteiger partial charge >= 0.3 is 5.97 Å². The van der Waals surface area contributed by atoms with Gasteiger partial charge in [0.2, 0.25) is 0 Å². The monoisotopic (exact) mass is 579 g/mol. The smallest absolute Gasteiger partial charge is 0.338 e. The summed E-state index contributed by atoms with van der Waals surface area (Å²) in [6.07, 6.45) is 1.91. The molecular weight excluding hydrogens is 550 g/mol. The van der Waals surface area contributed by atoms with E-state index in [1.807, 2.05) is 60.7 Å². The number of nitrogens with zero attached hydrogens (tertiary/aromatic N) is 2. The van der Waals surface area contributed by atoms with Crippen molar-refractivity contribution in [3.8, 4) is 22.8 Å². The maximum Gasteiger partial charge on any atom is 0.338 e. The number of carbonyl (C=O) groups excluding carboxylic acids is 1. The molecule has 6 rings (SSSR count). The predicted molar refractivity (Wildman–Crippen MR) is 164 cm³/mol. The summed E-state index contributed by atoms with van der Waals surface area (Å²) in [5.74, 6) is 0.540. The molecule has 3 heterocycles. The lowest BCUT2D eigenvalue weighted by atomic mass is 9.94. The van der Waals surface area contributed by atoms with Crippen LogP contribution in [0.25, 0.3) is 28.2 Å². The van der Waals surface area contributed by atoms with Gasteiger partial charge in [-0.15, -0.1) is 0 Å². The number of H-pyrrole nitrogens is 1. The van der Waals surface area contributed by atoms with Crippen molar-refractivity contribution >= 4 is 34.3 Å². The van der Waals surface area contributed by atoms with E-state index >= 15 is 0 Å². The second-order valence-corrected chi connectivity index (χ2v) is 10.7. The molecule has 0 saturated carbocycles. The standard InChI is InChI=1S/C33H29N3O5S/c1-5-41-32(38)28-19(2)34-33-36(30(28)24-17-21(39-3)15-16-26(24)40-4)31(37)27(42-33)18-23-22-13-9-10-14-25(22)35-29(23)20-11-7-6-8-12-20/h6-18,30,35H,5H2,1-4H3/b27-18-/t30-/m0/s1. The minimum atomic E-state index is -0.830. The molecule has 0 radical (unpaired) electrons. The van der Waals surface area contributed by atoms with Gasteiger partial charge in [0.05, 0.1) is 42.3 Å². The Hall–Kier alpha value is -4.89. The zero-order chi connectivity index (χ0) is 29.4. The number of fused-ring (bicyclic) bond motifs is 2. The van der Waals surface area contributed by atoms with Gasteiger partial charge in [0.15, 0.2) is 4.80 Å². The molecule has 212 valence electrons. The molecule has 1 aliphatic heterocycles. The van der Waals surface area contributed by atoms with Gasteiger partial charge in [0, 0.05) is 22.0 Å². The van der Waals surface area contributed by atoms with Crippen LogP contribution in [0.1, 0.15) is 31.0 Å². The van der Waals surface area contributed by atoms with Gasteiger partial charge in [-0.1, -0.05) is 59.9 Å². The third-order valence-corrected chi connectivity index (χ3v) is 8.32.